The second-order valence-corrected chi connectivity index (χ2v) is 9.24. The normalized spacial score (nSPS) is 19.1. The average molecular weight is 499 g/mol. The van der Waals surface area contributed by atoms with E-state index in [1.54, 1.807) is 10.7 Å². The maximum Gasteiger partial charge on any atom is 0.416 e. The lowest BCUT2D eigenvalue weighted by Gasteiger charge is -2.20. The Morgan fingerprint density at radius 3 is 2.65 bits per heavy atom. The number of carbonyl (C=O) groups is 2. The minimum Gasteiger partial charge on any atom is -0.445 e. The van der Waals surface area contributed by atoms with Crippen molar-refractivity contribution in [3.8, 4) is 0 Å². The fraction of sp³-hybridized carbons (Fsp3) is 0.522. The molecule has 1 aromatic carbocycles. The minimum atomic E-state index is -4.55. The summed E-state index contributed by atoms with van der Waals surface area (Å²) in [6, 6.07) is 5.16. The molecule has 0 unspecified atom stereocenters. The number of rotatable bonds is 5. The number of hydrogen-bond donors (Lipinski definition) is 0. The monoisotopic (exact) mass is 498 g/mol. The minimum absolute atomic E-state index is 0.0510. The predicted octanol–water partition coefficient (Wildman–Crippen LogP) is 4.76. The van der Waals surface area contributed by atoms with Gasteiger partial charge in [0.25, 0.3) is 0 Å². The number of likely N-dealkylation sites (tertiary alicyclic amines) is 1. The molecule has 0 saturated carbocycles. The molecule has 3 heterocycles. The van der Waals surface area contributed by atoms with Gasteiger partial charge in [-0.25, -0.2) is 4.79 Å². The maximum absolute atomic E-state index is 13.0. The molecular formula is C23H26ClF3N4O3. The van der Waals surface area contributed by atoms with Gasteiger partial charge in [0.1, 0.15) is 12.3 Å². The second kappa shape index (κ2) is 9.95. The van der Waals surface area contributed by atoms with Crippen LogP contribution < -0.4 is 0 Å². The summed E-state index contributed by atoms with van der Waals surface area (Å²) in [4.78, 5) is 29.0. The Balaban J connectivity index is 1.39. The molecule has 7 nitrogen and oxygen atoms in total. The number of alkyl halides is 3. The highest BCUT2D eigenvalue weighted by molar-refractivity contribution is 6.30. The van der Waals surface area contributed by atoms with E-state index in [2.05, 4.69) is 16.9 Å². The van der Waals surface area contributed by atoms with Crippen molar-refractivity contribution >= 4 is 23.5 Å². The summed E-state index contributed by atoms with van der Waals surface area (Å²) in [5.41, 5.74) is 0.347. The zero-order valence-electron chi connectivity index (χ0n) is 18.8. The number of amides is 1. The number of hydrogen-bond acceptors (Lipinski definition) is 5. The number of ether oxygens (including phenoxy) is 1. The van der Waals surface area contributed by atoms with Crippen molar-refractivity contribution in [2.24, 2.45) is 0 Å². The highest BCUT2D eigenvalue weighted by Crippen LogP contribution is 2.32. The molecule has 1 atom stereocenters. The molecule has 4 rings (SSSR count). The van der Waals surface area contributed by atoms with Crippen molar-refractivity contribution in [1.82, 2.24) is 19.6 Å². The van der Waals surface area contributed by atoms with Crippen molar-refractivity contribution in [1.29, 1.82) is 0 Å². The number of aryl methyl sites for hydroxylation is 1. The maximum atomic E-state index is 13.0. The van der Waals surface area contributed by atoms with E-state index in [4.69, 9.17) is 16.3 Å². The molecule has 11 heteroatoms. The first kappa shape index (κ1) is 24.5. The van der Waals surface area contributed by atoms with E-state index in [9.17, 15) is 22.8 Å². The Hall–Kier alpha value is -2.59. The summed E-state index contributed by atoms with van der Waals surface area (Å²) in [5, 5.41) is 4.36. The summed E-state index contributed by atoms with van der Waals surface area (Å²) in [6.07, 6.45) is -2.43. The van der Waals surface area contributed by atoms with Crippen molar-refractivity contribution in [2.75, 3.05) is 19.6 Å². The number of nitrogens with zero attached hydrogens (tertiary/aromatic N) is 4. The highest BCUT2D eigenvalue weighted by Gasteiger charge is 2.31. The molecular weight excluding hydrogens is 473 g/mol. The van der Waals surface area contributed by atoms with Crippen LogP contribution in [0, 0.1) is 0 Å². The molecule has 1 aromatic heterocycles. The molecule has 0 radical (unpaired) electrons. The third-order valence-electron chi connectivity index (χ3n) is 6.24. The van der Waals surface area contributed by atoms with E-state index >= 15 is 0 Å². The summed E-state index contributed by atoms with van der Waals surface area (Å²) in [5.74, 6) is -0.0510. The van der Waals surface area contributed by atoms with Crippen LogP contribution in [-0.2, 0) is 30.6 Å². The van der Waals surface area contributed by atoms with Crippen LogP contribution in [0.5, 0.6) is 0 Å². The van der Waals surface area contributed by atoms with Crippen molar-refractivity contribution in [3.63, 3.8) is 0 Å². The molecule has 184 valence electrons. The molecule has 0 spiro atoms. The third kappa shape index (κ3) is 5.72. The Kier molecular flexibility index (Phi) is 7.18. The van der Waals surface area contributed by atoms with Gasteiger partial charge in [-0.2, -0.15) is 18.3 Å². The largest absolute Gasteiger partial charge is 0.445 e. The van der Waals surface area contributed by atoms with E-state index in [-0.39, 0.29) is 29.5 Å². The molecule has 0 bridgehead atoms. The van der Waals surface area contributed by atoms with Crippen LogP contribution in [-0.4, -0.2) is 57.1 Å². The van der Waals surface area contributed by atoms with Crippen LogP contribution >= 0.6 is 11.6 Å². The van der Waals surface area contributed by atoms with E-state index in [0.29, 0.717) is 37.8 Å². The van der Waals surface area contributed by atoms with Crippen LogP contribution in [0.2, 0.25) is 5.02 Å². The van der Waals surface area contributed by atoms with Gasteiger partial charge in [-0.1, -0.05) is 11.6 Å². The SMILES string of the molecule is C[C@@H]1CCCN1CC(=O)c1cc2n(n1)CCCN(C(=O)OCc1cc(Cl)cc(C(F)(F)F)c1)C2. The van der Waals surface area contributed by atoms with Crippen LogP contribution in [0.15, 0.2) is 24.3 Å². The van der Waals surface area contributed by atoms with E-state index in [1.165, 1.54) is 11.0 Å². The Morgan fingerprint density at radius 2 is 1.94 bits per heavy atom. The number of benzene rings is 1. The quantitative estimate of drug-likeness (QED) is 0.556. The first-order valence-electron chi connectivity index (χ1n) is 11.2. The van der Waals surface area contributed by atoms with Gasteiger partial charge in [-0.05, 0) is 62.6 Å². The topological polar surface area (TPSA) is 67.7 Å². The van der Waals surface area contributed by atoms with Crippen LogP contribution in [0.3, 0.4) is 0 Å². The van der Waals surface area contributed by atoms with Crippen molar-refractivity contribution < 1.29 is 27.5 Å². The zero-order chi connectivity index (χ0) is 24.5. The number of aromatic nitrogens is 2. The molecule has 1 amide bonds. The summed E-state index contributed by atoms with van der Waals surface area (Å²) >= 11 is 5.80. The van der Waals surface area contributed by atoms with Crippen LogP contribution in [0.4, 0.5) is 18.0 Å². The molecule has 2 aromatic rings. The molecule has 0 N–H and O–H groups in total. The van der Waals surface area contributed by atoms with Gasteiger partial charge in [0, 0.05) is 24.2 Å². The number of Topliss-reactive ketones (excluding diaryl/α,β-unsaturated/α-hetero) is 1. The zero-order valence-corrected chi connectivity index (χ0v) is 19.5. The molecule has 0 aliphatic carbocycles. The van der Waals surface area contributed by atoms with Gasteiger partial charge in [0.05, 0.1) is 24.3 Å². The number of carbonyl (C=O) groups excluding carboxylic acids is 2. The van der Waals surface area contributed by atoms with Crippen molar-refractivity contribution in [3.05, 3.63) is 51.8 Å². The van der Waals surface area contributed by atoms with E-state index < -0.39 is 17.8 Å². The van der Waals surface area contributed by atoms with Gasteiger partial charge in [0.15, 0.2) is 5.78 Å². The Labute approximate surface area is 200 Å². The lowest BCUT2D eigenvalue weighted by atomic mass is 10.1. The van der Waals surface area contributed by atoms with Gasteiger partial charge in [-0.15, -0.1) is 0 Å². The third-order valence-corrected chi connectivity index (χ3v) is 6.46. The van der Waals surface area contributed by atoms with Crippen LogP contribution in [0.1, 0.15) is 53.5 Å². The number of fused-ring (bicyclic) bond motifs is 1. The van der Waals surface area contributed by atoms with Gasteiger partial charge in [0.2, 0.25) is 0 Å². The van der Waals surface area contributed by atoms with E-state index in [0.717, 1.165) is 37.2 Å². The molecule has 1 saturated heterocycles. The number of ketones is 1. The van der Waals surface area contributed by atoms with Gasteiger partial charge < -0.3 is 9.64 Å². The first-order chi connectivity index (χ1) is 16.1. The Morgan fingerprint density at radius 1 is 1.15 bits per heavy atom. The molecule has 2 aliphatic rings. The molecule has 2 aliphatic heterocycles. The Bertz CT molecular complexity index is 1070. The predicted molar refractivity (Wildman–Crippen MR) is 118 cm³/mol. The lowest BCUT2D eigenvalue weighted by molar-refractivity contribution is -0.137. The number of halogens is 4. The fourth-order valence-electron chi connectivity index (χ4n) is 4.38. The summed E-state index contributed by atoms with van der Waals surface area (Å²) in [7, 11) is 0. The second-order valence-electron chi connectivity index (χ2n) is 8.80. The van der Waals surface area contributed by atoms with Gasteiger partial charge in [-0.3, -0.25) is 14.4 Å². The van der Waals surface area contributed by atoms with E-state index in [1.807, 2.05) is 0 Å². The standard InChI is InChI=1S/C23H26ClF3N4O3/c1-15-4-2-5-29(15)13-21(32)20-11-19-12-30(6-3-7-31(19)28-20)22(33)34-14-16-8-17(23(25,26)27)10-18(24)9-16/h8-11,15H,2-7,12-14H2,1H3/t15-/m1/s1. The average Bonchev–Trinajstić information content (AvgIpc) is 3.30. The smallest absolute Gasteiger partial charge is 0.416 e. The van der Waals surface area contributed by atoms with Gasteiger partial charge >= 0.3 is 12.3 Å². The lowest BCUT2D eigenvalue weighted by Crippen LogP contribution is -2.32. The van der Waals surface area contributed by atoms with Crippen LogP contribution in [0.25, 0.3) is 0 Å². The first-order valence-corrected chi connectivity index (χ1v) is 11.6. The summed E-state index contributed by atoms with van der Waals surface area (Å²) in [6.45, 7) is 4.15. The summed E-state index contributed by atoms with van der Waals surface area (Å²) < 4.78 is 46.0. The highest BCUT2D eigenvalue weighted by atomic mass is 35.5. The fourth-order valence-corrected chi connectivity index (χ4v) is 4.64. The van der Waals surface area contributed by atoms with Crippen molar-refractivity contribution in [2.45, 2.75) is 58.1 Å². The molecule has 1 fully saturated rings. The molecule has 34 heavy (non-hydrogen) atoms.